The SMILES string of the molecule is CN=C(NCCc1ccc(OCc2ccccc2)cc1)NCC1CC(=O)Nc2ccccc21. The molecule has 1 unspecified atom stereocenters. The van der Waals surface area contributed by atoms with Crippen molar-refractivity contribution in [1.82, 2.24) is 10.6 Å². The molecule has 1 amide bonds. The van der Waals surface area contributed by atoms with Crippen LogP contribution in [0.1, 0.15) is 29.0 Å². The number of nitrogens with zero attached hydrogens (tertiary/aromatic N) is 1. The molecule has 0 aromatic heterocycles. The highest BCUT2D eigenvalue weighted by molar-refractivity contribution is 5.94. The number of carbonyl (C=O) groups is 1. The third-order valence-electron chi connectivity index (χ3n) is 5.72. The third-order valence-corrected chi connectivity index (χ3v) is 5.72. The van der Waals surface area contributed by atoms with E-state index in [2.05, 4.69) is 51.3 Å². The molecule has 3 aromatic rings. The van der Waals surface area contributed by atoms with Crippen LogP contribution in [0.25, 0.3) is 0 Å². The Morgan fingerprint density at radius 3 is 2.52 bits per heavy atom. The Morgan fingerprint density at radius 1 is 0.970 bits per heavy atom. The van der Waals surface area contributed by atoms with Gasteiger partial charge in [0.15, 0.2) is 5.96 Å². The highest BCUT2D eigenvalue weighted by Gasteiger charge is 2.24. The van der Waals surface area contributed by atoms with Gasteiger partial charge in [-0.3, -0.25) is 9.79 Å². The molecule has 1 aliphatic heterocycles. The van der Waals surface area contributed by atoms with E-state index in [0.29, 0.717) is 19.6 Å². The van der Waals surface area contributed by atoms with Crippen molar-refractivity contribution >= 4 is 17.6 Å². The van der Waals surface area contributed by atoms with Crippen LogP contribution in [-0.2, 0) is 17.8 Å². The van der Waals surface area contributed by atoms with Crippen molar-refractivity contribution < 1.29 is 9.53 Å². The molecule has 1 heterocycles. The van der Waals surface area contributed by atoms with Gasteiger partial charge in [0.05, 0.1) is 0 Å². The van der Waals surface area contributed by atoms with E-state index < -0.39 is 0 Å². The lowest BCUT2D eigenvalue weighted by atomic mass is 9.90. The van der Waals surface area contributed by atoms with Crippen LogP contribution in [-0.4, -0.2) is 32.0 Å². The molecule has 0 saturated carbocycles. The summed E-state index contributed by atoms with van der Waals surface area (Å²) in [6.45, 7) is 1.97. The summed E-state index contributed by atoms with van der Waals surface area (Å²) < 4.78 is 5.86. The minimum Gasteiger partial charge on any atom is -0.489 e. The molecule has 0 aliphatic carbocycles. The molecule has 0 saturated heterocycles. The van der Waals surface area contributed by atoms with Crippen molar-refractivity contribution in [2.45, 2.75) is 25.4 Å². The molecule has 6 heteroatoms. The van der Waals surface area contributed by atoms with E-state index in [9.17, 15) is 4.79 Å². The van der Waals surface area contributed by atoms with Crippen LogP contribution in [0, 0.1) is 0 Å². The Hall–Kier alpha value is -3.80. The van der Waals surface area contributed by atoms with Gasteiger partial charge in [-0.1, -0.05) is 60.7 Å². The maximum Gasteiger partial charge on any atom is 0.225 e. The van der Waals surface area contributed by atoms with Gasteiger partial charge < -0.3 is 20.7 Å². The molecule has 170 valence electrons. The maximum atomic E-state index is 12.0. The molecule has 6 nitrogen and oxygen atoms in total. The van der Waals surface area contributed by atoms with E-state index in [1.54, 1.807) is 7.05 Å². The number of amides is 1. The van der Waals surface area contributed by atoms with Crippen LogP contribution in [0.15, 0.2) is 83.9 Å². The van der Waals surface area contributed by atoms with Gasteiger partial charge in [0.2, 0.25) is 5.91 Å². The highest BCUT2D eigenvalue weighted by atomic mass is 16.5. The first kappa shape index (κ1) is 22.4. The first-order valence-corrected chi connectivity index (χ1v) is 11.3. The Kier molecular flexibility index (Phi) is 7.59. The smallest absolute Gasteiger partial charge is 0.225 e. The average molecular weight is 443 g/mol. The van der Waals surface area contributed by atoms with Crippen LogP contribution in [0.4, 0.5) is 5.69 Å². The van der Waals surface area contributed by atoms with Crippen molar-refractivity contribution in [1.29, 1.82) is 0 Å². The van der Waals surface area contributed by atoms with Crippen molar-refractivity contribution in [3.63, 3.8) is 0 Å². The molecule has 33 heavy (non-hydrogen) atoms. The number of guanidine groups is 1. The molecule has 3 aromatic carbocycles. The second kappa shape index (κ2) is 11.2. The summed E-state index contributed by atoms with van der Waals surface area (Å²) in [4.78, 5) is 16.3. The Bertz CT molecular complexity index is 1080. The number of anilines is 1. The van der Waals surface area contributed by atoms with E-state index in [0.717, 1.165) is 41.5 Å². The van der Waals surface area contributed by atoms with Crippen LogP contribution in [0.2, 0.25) is 0 Å². The highest BCUT2D eigenvalue weighted by Crippen LogP contribution is 2.31. The Labute approximate surface area is 195 Å². The standard InChI is InChI=1S/C27H30N4O2/c1-28-27(30-18-22-17-26(32)31-25-10-6-5-9-24(22)25)29-16-15-20-11-13-23(14-12-20)33-19-21-7-3-2-4-8-21/h2-14,22H,15-19H2,1H3,(H,31,32)(H2,28,29,30). The summed E-state index contributed by atoms with van der Waals surface area (Å²) in [7, 11) is 1.76. The lowest BCUT2D eigenvalue weighted by molar-refractivity contribution is -0.116. The molecular formula is C27H30N4O2. The molecule has 0 bridgehead atoms. The number of rotatable bonds is 8. The topological polar surface area (TPSA) is 74.8 Å². The number of fused-ring (bicyclic) bond motifs is 1. The maximum absolute atomic E-state index is 12.0. The van der Waals surface area contributed by atoms with Gasteiger partial charge in [-0.05, 0) is 41.3 Å². The molecule has 1 atom stereocenters. The monoisotopic (exact) mass is 442 g/mol. The molecule has 0 radical (unpaired) electrons. The van der Waals surface area contributed by atoms with Crippen LogP contribution >= 0.6 is 0 Å². The number of benzene rings is 3. The van der Waals surface area contributed by atoms with Crippen LogP contribution in [0.5, 0.6) is 5.75 Å². The predicted octanol–water partition coefficient (Wildman–Crippen LogP) is 4.10. The minimum absolute atomic E-state index is 0.0552. The fourth-order valence-electron chi connectivity index (χ4n) is 3.94. The van der Waals surface area contributed by atoms with E-state index in [1.165, 1.54) is 5.56 Å². The summed E-state index contributed by atoms with van der Waals surface area (Å²) in [5, 5.41) is 9.67. The Morgan fingerprint density at radius 2 is 1.73 bits per heavy atom. The first-order chi connectivity index (χ1) is 16.2. The fourth-order valence-corrected chi connectivity index (χ4v) is 3.94. The second-order valence-corrected chi connectivity index (χ2v) is 8.08. The van der Waals surface area contributed by atoms with E-state index in [4.69, 9.17) is 4.74 Å². The number of hydrogen-bond donors (Lipinski definition) is 3. The zero-order chi connectivity index (χ0) is 22.9. The van der Waals surface area contributed by atoms with Gasteiger partial charge in [0, 0.05) is 38.2 Å². The second-order valence-electron chi connectivity index (χ2n) is 8.08. The van der Waals surface area contributed by atoms with E-state index in [-0.39, 0.29) is 11.8 Å². The molecule has 0 fully saturated rings. The number of aliphatic imine (C=N–C) groups is 1. The number of nitrogens with one attached hydrogen (secondary N) is 3. The summed E-state index contributed by atoms with van der Waals surface area (Å²) in [5.41, 5.74) is 4.44. The molecular weight excluding hydrogens is 412 g/mol. The first-order valence-electron chi connectivity index (χ1n) is 11.3. The predicted molar refractivity (Wildman–Crippen MR) is 133 cm³/mol. The van der Waals surface area contributed by atoms with Gasteiger partial charge in [-0.25, -0.2) is 0 Å². The lowest BCUT2D eigenvalue weighted by Crippen LogP contribution is -2.41. The van der Waals surface area contributed by atoms with Crippen molar-refractivity contribution in [3.05, 3.63) is 95.6 Å². The summed E-state index contributed by atoms with van der Waals surface area (Å²) in [5.74, 6) is 1.78. The summed E-state index contributed by atoms with van der Waals surface area (Å²) >= 11 is 0. The Balaban J connectivity index is 1.21. The van der Waals surface area contributed by atoms with Gasteiger partial charge >= 0.3 is 0 Å². The minimum atomic E-state index is 0.0552. The number of carbonyl (C=O) groups excluding carboxylic acids is 1. The molecule has 4 rings (SSSR count). The number of para-hydroxylation sites is 1. The quantitative estimate of drug-likeness (QED) is 0.363. The molecule has 3 N–H and O–H groups in total. The van der Waals surface area contributed by atoms with Gasteiger partial charge in [0.1, 0.15) is 12.4 Å². The van der Waals surface area contributed by atoms with E-state index in [1.807, 2.05) is 48.5 Å². The summed E-state index contributed by atoms with van der Waals surface area (Å²) in [6, 6.07) is 26.3. The van der Waals surface area contributed by atoms with E-state index >= 15 is 0 Å². The lowest BCUT2D eigenvalue weighted by Gasteiger charge is -2.26. The number of ether oxygens (including phenoxy) is 1. The fraction of sp³-hybridized carbons (Fsp3) is 0.259. The van der Waals surface area contributed by atoms with Gasteiger partial charge in [-0.15, -0.1) is 0 Å². The van der Waals surface area contributed by atoms with Gasteiger partial charge in [0.25, 0.3) is 0 Å². The zero-order valence-corrected chi connectivity index (χ0v) is 18.9. The van der Waals surface area contributed by atoms with Crippen molar-refractivity contribution in [3.8, 4) is 5.75 Å². The largest absolute Gasteiger partial charge is 0.489 e. The zero-order valence-electron chi connectivity index (χ0n) is 18.9. The average Bonchev–Trinajstić information content (AvgIpc) is 2.86. The molecule has 0 spiro atoms. The van der Waals surface area contributed by atoms with Crippen molar-refractivity contribution in [2.75, 3.05) is 25.5 Å². The molecule has 1 aliphatic rings. The van der Waals surface area contributed by atoms with Crippen LogP contribution in [0.3, 0.4) is 0 Å². The van der Waals surface area contributed by atoms with Gasteiger partial charge in [-0.2, -0.15) is 0 Å². The normalized spacial score (nSPS) is 15.4. The number of hydrogen-bond acceptors (Lipinski definition) is 3. The van der Waals surface area contributed by atoms with Crippen molar-refractivity contribution in [2.24, 2.45) is 4.99 Å². The van der Waals surface area contributed by atoms with Crippen LogP contribution < -0.4 is 20.7 Å². The third kappa shape index (κ3) is 6.35. The summed E-state index contributed by atoms with van der Waals surface area (Å²) in [6.07, 6.45) is 1.34.